The second-order valence-electron chi connectivity index (χ2n) is 4.44. The molecule has 21 heavy (non-hydrogen) atoms. The van der Waals surface area contributed by atoms with Crippen LogP contribution in [0.1, 0.15) is 23.5 Å². The molecule has 0 aliphatic rings. The van der Waals surface area contributed by atoms with Crippen molar-refractivity contribution in [2.75, 3.05) is 6.61 Å². The smallest absolute Gasteiger partial charge is 0.323 e. The minimum Gasteiger partial charge on any atom is -0.440 e. The Bertz CT molecular complexity index is 638. The Morgan fingerprint density at radius 3 is 2.76 bits per heavy atom. The molecular weight excluding hydrogens is 294 g/mol. The summed E-state index contributed by atoms with van der Waals surface area (Å²) in [6, 6.07) is 8.36. The molecule has 0 bridgehead atoms. The molecule has 0 radical (unpaired) electrons. The Labute approximate surface area is 125 Å². The van der Waals surface area contributed by atoms with Gasteiger partial charge in [-0.2, -0.15) is 0 Å². The van der Waals surface area contributed by atoms with E-state index in [9.17, 15) is 15.2 Å². The van der Waals surface area contributed by atoms with E-state index in [2.05, 4.69) is 0 Å². The number of hydrogen-bond donors (Lipinski definition) is 2. The van der Waals surface area contributed by atoms with Crippen LogP contribution in [0.15, 0.2) is 30.3 Å². The maximum Gasteiger partial charge on any atom is 0.323 e. The van der Waals surface area contributed by atoms with Crippen LogP contribution in [0.5, 0.6) is 10.8 Å². The molecule has 2 N–H and O–H groups in total. The number of rotatable bonds is 6. The monoisotopic (exact) mass is 309 g/mol. The SMILES string of the molecule is CC(O)c1cc([N+](=O)[O-])c(Oc2ccccc2CCO)s1. The highest BCUT2D eigenvalue weighted by Crippen LogP contribution is 2.42. The first-order chi connectivity index (χ1) is 10.0. The average Bonchev–Trinajstić information content (AvgIpc) is 2.85. The van der Waals surface area contributed by atoms with Gasteiger partial charge in [-0.1, -0.05) is 29.5 Å². The van der Waals surface area contributed by atoms with E-state index >= 15 is 0 Å². The Kier molecular flexibility index (Phi) is 4.89. The molecular formula is C14H15NO5S. The van der Waals surface area contributed by atoms with Gasteiger partial charge >= 0.3 is 5.69 Å². The van der Waals surface area contributed by atoms with E-state index in [0.717, 1.165) is 16.9 Å². The lowest BCUT2D eigenvalue weighted by Crippen LogP contribution is -1.95. The molecule has 1 atom stereocenters. The first kappa shape index (κ1) is 15.4. The van der Waals surface area contributed by atoms with Gasteiger partial charge in [0, 0.05) is 17.6 Å². The van der Waals surface area contributed by atoms with Crippen molar-refractivity contribution in [2.45, 2.75) is 19.4 Å². The summed E-state index contributed by atoms with van der Waals surface area (Å²) >= 11 is 1.04. The summed E-state index contributed by atoms with van der Waals surface area (Å²) in [4.78, 5) is 11.0. The standard InChI is InChI=1S/C14H15NO5S/c1-9(17)13-8-11(15(18)19)14(21-13)20-12-5-3-2-4-10(12)6-7-16/h2-5,8-9,16-17H,6-7H2,1H3. The number of aliphatic hydroxyl groups excluding tert-OH is 2. The van der Waals surface area contributed by atoms with E-state index in [1.807, 2.05) is 6.07 Å². The van der Waals surface area contributed by atoms with Crippen LogP contribution in [0.2, 0.25) is 0 Å². The Hall–Kier alpha value is -1.96. The molecule has 6 nitrogen and oxygen atoms in total. The summed E-state index contributed by atoms with van der Waals surface area (Å²) in [5.41, 5.74) is 0.594. The molecule has 7 heteroatoms. The van der Waals surface area contributed by atoms with E-state index in [-0.39, 0.29) is 17.4 Å². The van der Waals surface area contributed by atoms with Crippen LogP contribution in [0.25, 0.3) is 0 Å². The van der Waals surface area contributed by atoms with Gasteiger partial charge in [0.05, 0.1) is 11.0 Å². The van der Waals surface area contributed by atoms with Crippen molar-refractivity contribution < 1.29 is 19.9 Å². The molecule has 0 fully saturated rings. The summed E-state index contributed by atoms with van der Waals surface area (Å²) in [5, 5.41) is 29.8. The fraction of sp³-hybridized carbons (Fsp3) is 0.286. The largest absolute Gasteiger partial charge is 0.440 e. The second-order valence-corrected chi connectivity index (χ2v) is 5.48. The zero-order chi connectivity index (χ0) is 15.4. The topological polar surface area (TPSA) is 92.8 Å². The fourth-order valence-electron chi connectivity index (χ4n) is 1.82. The summed E-state index contributed by atoms with van der Waals surface area (Å²) in [6.07, 6.45) is -0.391. The fourth-order valence-corrected chi connectivity index (χ4v) is 2.74. The minimum absolute atomic E-state index is 0.0359. The van der Waals surface area contributed by atoms with Crippen molar-refractivity contribution in [3.05, 3.63) is 50.9 Å². The van der Waals surface area contributed by atoms with Crippen LogP contribution in [0, 0.1) is 10.1 Å². The first-order valence-corrected chi connectivity index (χ1v) is 7.17. The Balaban J connectivity index is 2.37. The predicted octanol–water partition coefficient (Wildman–Crippen LogP) is 3.04. The predicted molar refractivity (Wildman–Crippen MR) is 78.9 cm³/mol. The van der Waals surface area contributed by atoms with Crippen LogP contribution in [0.4, 0.5) is 5.69 Å². The lowest BCUT2D eigenvalue weighted by atomic mass is 10.1. The van der Waals surface area contributed by atoms with E-state index in [0.29, 0.717) is 17.0 Å². The molecule has 1 heterocycles. The van der Waals surface area contributed by atoms with Gasteiger partial charge in [0.1, 0.15) is 5.75 Å². The molecule has 1 aromatic heterocycles. The van der Waals surface area contributed by atoms with Crippen LogP contribution in [0.3, 0.4) is 0 Å². The third kappa shape index (κ3) is 3.57. The van der Waals surface area contributed by atoms with Crippen molar-refractivity contribution in [1.29, 1.82) is 0 Å². The van der Waals surface area contributed by atoms with Crippen molar-refractivity contribution in [3.8, 4) is 10.8 Å². The number of hydrogen-bond acceptors (Lipinski definition) is 6. The van der Waals surface area contributed by atoms with Crippen LogP contribution in [-0.2, 0) is 6.42 Å². The Morgan fingerprint density at radius 1 is 1.43 bits per heavy atom. The van der Waals surface area contributed by atoms with Gasteiger partial charge in [0.15, 0.2) is 0 Å². The average molecular weight is 309 g/mol. The van der Waals surface area contributed by atoms with E-state index in [1.165, 1.54) is 6.07 Å². The lowest BCUT2D eigenvalue weighted by Gasteiger charge is -2.08. The molecule has 1 unspecified atom stereocenters. The molecule has 2 aromatic rings. The van der Waals surface area contributed by atoms with Gasteiger partial charge in [-0.15, -0.1) is 0 Å². The van der Waals surface area contributed by atoms with Crippen molar-refractivity contribution in [3.63, 3.8) is 0 Å². The molecule has 0 aliphatic heterocycles. The normalized spacial score (nSPS) is 12.1. The number of ether oxygens (including phenoxy) is 1. The Morgan fingerprint density at radius 2 is 2.14 bits per heavy atom. The van der Waals surface area contributed by atoms with Gasteiger partial charge in [-0.05, 0) is 25.0 Å². The maximum atomic E-state index is 11.1. The van der Waals surface area contributed by atoms with Crippen molar-refractivity contribution in [1.82, 2.24) is 0 Å². The number of nitrogens with zero attached hydrogens (tertiary/aromatic N) is 1. The van der Waals surface area contributed by atoms with Gasteiger partial charge < -0.3 is 14.9 Å². The zero-order valence-corrected chi connectivity index (χ0v) is 12.2. The van der Waals surface area contributed by atoms with Gasteiger partial charge in [-0.25, -0.2) is 0 Å². The number of benzene rings is 1. The molecule has 112 valence electrons. The highest BCUT2D eigenvalue weighted by molar-refractivity contribution is 7.14. The first-order valence-electron chi connectivity index (χ1n) is 6.35. The number of thiophene rings is 1. The number of para-hydroxylation sites is 1. The quantitative estimate of drug-likeness (QED) is 0.632. The third-order valence-electron chi connectivity index (χ3n) is 2.86. The minimum atomic E-state index is -0.793. The van der Waals surface area contributed by atoms with Crippen LogP contribution >= 0.6 is 11.3 Å². The van der Waals surface area contributed by atoms with E-state index < -0.39 is 11.0 Å². The maximum absolute atomic E-state index is 11.1. The van der Waals surface area contributed by atoms with E-state index in [4.69, 9.17) is 9.84 Å². The number of nitro groups is 1. The second kappa shape index (κ2) is 6.66. The molecule has 1 aromatic carbocycles. The van der Waals surface area contributed by atoms with Gasteiger partial charge in [0.25, 0.3) is 5.06 Å². The van der Waals surface area contributed by atoms with Crippen LogP contribution < -0.4 is 4.74 Å². The van der Waals surface area contributed by atoms with Crippen molar-refractivity contribution in [2.24, 2.45) is 0 Å². The number of aliphatic hydroxyl groups is 2. The molecule has 0 amide bonds. The molecule has 0 saturated heterocycles. The molecule has 0 saturated carbocycles. The van der Waals surface area contributed by atoms with Crippen LogP contribution in [-0.4, -0.2) is 21.7 Å². The third-order valence-corrected chi connectivity index (χ3v) is 4.04. The van der Waals surface area contributed by atoms with Gasteiger partial charge in [-0.3, -0.25) is 10.1 Å². The van der Waals surface area contributed by atoms with Crippen molar-refractivity contribution >= 4 is 17.0 Å². The highest BCUT2D eigenvalue weighted by atomic mass is 32.1. The summed E-state index contributed by atoms with van der Waals surface area (Å²) in [7, 11) is 0. The van der Waals surface area contributed by atoms with Gasteiger partial charge in [0.2, 0.25) is 0 Å². The zero-order valence-electron chi connectivity index (χ0n) is 11.4. The molecule has 2 rings (SSSR count). The lowest BCUT2D eigenvalue weighted by molar-refractivity contribution is -0.385. The summed E-state index contributed by atoms with van der Waals surface area (Å²) < 4.78 is 5.64. The summed E-state index contributed by atoms with van der Waals surface area (Å²) in [6.45, 7) is 1.50. The highest BCUT2D eigenvalue weighted by Gasteiger charge is 2.23. The summed E-state index contributed by atoms with van der Waals surface area (Å²) in [5.74, 6) is 0.466. The van der Waals surface area contributed by atoms with E-state index in [1.54, 1.807) is 25.1 Å². The molecule has 0 aliphatic carbocycles. The molecule has 0 spiro atoms.